The van der Waals surface area contributed by atoms with E-state index < -0.39 is 0 Å². The Bertz CT molecular complexity index is 5190. The Morgan fingerprint density at radius 2 is 0.773 bits per heavy atom. The summed E-state index contributed by atoms with van der Waals surface area (Å²) in [6.45, 7) is 7.79. The molecular weight excluding hydrogens is 2250 g/mol. The third-order valence-corrected chi connectivity index (χ3v) is 16.3. The van der Waals surface area contributed by atoms with Crippen molar-refractivity contribution in [1.29, 1.82) is 0 Å². The van der Waals surface area contributed by atoms with Gasteiger partial charge in [0.05, 0.1) is 22.6 Å². The van der Waals surface area contributed by atoms with Crippen LogP contribution in [0.15, 0.2) is 357 Å². The summed E-state index contributed by atoms with van der Waals surface area (Å²) in [6.07, 6.45) is 4.08. The van der Waals surface area contributed by atoms with Gasteiger partial charge in [0, 0.05) is 142 Å². The molecule has 5 heterocycles. The van der Waals surface area contributed by atoms with E-state index >= 15 is 0 Å². The number of aryl methyl sites for hydroxylation is 1. The summed E-state index contributed by atoms with van der Waals surface area (Å²) in [7, 11) is 0. The number of hydrogen-bond donors (Lipinski definition) is 2. The molecule has 12 aromatic carbocycles. The van der Waals surface area contributed by atoms with Crippen molar-refractivity contribution in [3.05, 3.63) is 415 Å². The quantitative estimate of drug-likeness (QED) is 0.0818. The van der Waals surface area contributed by atoms with E-state index in [4.69, 9.17) is 25.8 Å². The van der Waals surface area contributed by atoms with Gasteiger partial charge in [0.1, 0.15) is 0 Å². The number of para-hydroxylation sites is 8. The van der Waals surface area contributed by atoms with E-state index in [1.807, 2.05) is 200 Å². The Morgan fingerprint density at radius 1 is 0.382 bits per heavy atom. The molecule has 5 radical (unpaired) electrons. The van der Waals surface area contributed by atoms with Crippen molar-refractivity contribution in [3.8, 4) is 33.8 Å². The number of benzene rings is 12. The molecule has 17 rings (SSSR count). The van der Waals surface area contributed by atoms with Crippen molar-refractivity contribution in [3.63, 3.8) is 0 Å². The smallest absolute Gasteiger partial charge is 0.155 e. The van der Waals surface area contributed by atoms with Crippen molar-refractivity contribution in [2.24, 2.45) is 0 Å². The van der Waals surface area contributed by atoms with Crippen LogP contribution in [0.4, 0.5) is 34.1 Å². The molecule has 0 amide bonds. The van der Waals surface area contributed by atoms with E-state index in [1.54, 1.807) is 0 Å². The zero-order valence-corrected chi connectivity index (χ0v) is 72.5. The predicted molar refractivity (Wildman–Crippen MR) is 429 cm³/mol. The summed E-state index contributed by atoms with van der Waals surface area (Å²) in [5.41, 5.74) is 18.2. The van der Waals surface area contributed by atoms with Crippen molar-refractivity contribution in [1.82, 2.24) is 15.0 Å². The van der Waals surface area contributed by atoms with E-state index in [1.165, 1.54) is 67.0 Å². The van der Waals surface area contributed by atoms with Crippen LogP contribution in [0.1, 0.15) is 56.7 Å². The standard InChI is InChI=1S/2C19H14N2.C16H12N.2C15H10N.2C5H8O2.5Ir/c2*1-3-9-15(10-4-1)19-20-17-13-7-8-14-18(17)21(19)16-11-5-2-6-12-16;1-12-11-14-9-5-6-10-15(14)17-16(12)13-7-3-2-4-8-13;1-2-7-13(8-3-1)15-14-9-5-4-6-12(14)10-11-16-15;1-2-6-12(7-3-1)15-11-10-13-8-4-5-9-14(13)16-15;2*1-4(6)3-5(2)7;;;;;/h2*1-9,11-14,19H;2-7,9-11H,1H3;1-7,9-11H;1-6,8-11H;2*3,6H,1-2H3;;;;;/q2*-2;3*-1;;;;;;;. The van der Waals surface area contributed by atoms with Crippen molar-refractivity contribution >= 4 is 78.3 Å². The molecule has 3 aromatic heterocycles. The summed E-state index contributed by atoms with van der Waals surface area (Å²) in [5.74, 6) is -0.125. The summed E-state index contributed by atoms with van der Waals surface area (Å²) in [6, 6.07) is 126. The van der Waals surface area contributed by atoms with Gasteiger partial charge in [-0.25, -0.2) is 0 Å². The fourth-order valence-electron chi connectivity index (χ4n) is 11.8. The zero-order valence-electron chi connectivity index (χ0n) is 60.6. The number of carbonyl (C=O) groups excluding carboxylic acids is 2. The van der Waals surface area contributed by atoms with E-state index in [9.17, 15) is 9.59 Å². The summed E-state index contributed by atoms with van der Waals surface area (Å²) in [5, 5.41) is 31.2. The minimum atomic E-state index is -0.125. The number of aliphatic hydroxyl groups excluding tert-OH is 2. The van der Waals surface area contributed by atoms with Crippen LogP contribution < -0.4 is 9.80 Å². The van der Waals surface area contributed by atoms with E-state index in [2.05, 4.69) is 190 Å². The zero-order chi connectivity index (χ0) is 73.1. The number of anilines is 4. The number of aliphatic hydroxyl groups is 2. The molecule has 11 nitrogen and oxygen atoms in total. The van der Waals surface area contributed by atoms with Gasteiger partial charge in [-0.3, -0.25) is 19.6 Å². The number of allylic oxidation sites excluding steroid dienone is 4. The topological polar surface area (TPSA) is 148 Å². The summed E-state index contributed by atoms with van der Waals surface area (Å²) < 4.78 is 0. The van der Waals surface area contributed by atoms with Gasteiger partial charge in [0.25, 0.3) is 0 Å². The van der Waals surface area contributed by atoms with Crippen molar-refractivity contribution in [2.75, 3.05) is 9.80 Å². The first-order chi connectivity index (χ1) is 51.3. The fourth-order valence-corrected chi connectivity index (χ4v) is 11.8. The number of rotatable bonds is 9. The number of carbonyl (C=O) groups is 2. The van der Waals surface area contributed by atoms with Crippen LogP contribution in [0.2, 0.25) is 0 Å². The van der Waals surface area contributed by atoms with Gasteiger partial charge in [0.15, 0.2) is 11.6 Å². The van der Waals surface area contributed by atoms with Gasteiger partial charge in [-0.05, 0) is 140 Å². The molecule has 110 heavy (non-hydrogen) atoms. The largest absolute Gasteiger partial charge is 0.661 e. The molecule has 0 spiro atoms. The van der Waals surface area contributed by atoms with Crippen LogP contribution in [-0.2, 0) is 110 Å². The second kappa shape index (κ2) is 45.7. The maximum atomic E-state index is 10.0. The minimum Gasteiger partial charge on any atom is -0.661 e. The third-order valence-electron chi connectivity index (χ3n) is 16.3. The maximum absolute atomic E-state index is 10.0. The van der Waals surface area contributed by atoms with Gasteiger partial charge < -0.3 is 35.6 Å². The molecule has 0 saturated heterocycles. The minimum absolute atomic E-state index is 0. The molecule has 2 unspecified atom stereocenters. The molecule has 2 atom stereocenters. The first kappa shape index (κ1) is 88.6. The maximum Gasteiger partial charge on any atom is 0.155 e. The summed E-state index contributed by atoms with van der Waals surface area (Å²) >= 11 is 0. The molecule has 0 bridgehead atoms. The molecule has 16 heteroatoms. The van der Waals surface area contributed by atoms with Crippen LogP contribution in [0.5, 0.6) is 0 Å². The molecule has 2 aliphatic heterocycles. The Balaban J connectivity index is 0.000000204. The Morgan fingerprint density at radius 3 is 1.22 bits per heavy atom. The number of fused-ring (bicyclic) bond motifs is 5. The fraction of sp³-hybridized carbons (Fsp3) is 0.0745. The number of aromatic nitrogens is 3. The number of pyridine rings is 3. The van der Waals surface area contributed by atoms with Gasteiger partial charge in [-0.1, -0.05) is 157 Å². The van der Waals surface area contributed by atoms with E-state index in [0.29, 0.717) is 0 Å². The molecule has 2 aliphatic rings. The normalized spacial score (nSPS) is 12.4. The van der Waals surface area contributed by atoms with Gasteiger partial charge in [0.2, 0.25) is 0 Å². The van der Waals surface area contributed by atoms with Gasteiger partial charge in [-0.15, -0.1) is 119 Å². The van der Waals surface area contributed by atoms with Crippen LogP contribution in [0.3, 0.4) is 0 Å². The van der Waals surface area contributed by atoms with Gasteiger partial charge in [-0.2, -0.15) is 71.8 Å². The van der Waals surface area contributed by atoms with Crippen LogP contribution in [0.25, 0.3) is 77.0 Å². The van der Waals surface area contributed by atoms with Crippen molar-refractivity contribution < 1.29 is 120 Å². The number of ketones is 2. The van der Waals surface area contributed by atoms with Crippen LogP contribution >= 0.6 is 0 Å². The molecule has 2 N–H and O–H groups in total. The molecule has 15 aromatic rings. The van der Waals surface area contributed by atoms with Gasteiger partial charge >= 0.3 is 0 Å². The second-order valence-electron chi connectivity index (χ2n) is 24.3. The van der Waals surface area contributed by atoms with Crippen LogP contribution in [0, 0.1) is 37.3 Å². The SMILES string of the molecule is CC(=O)C=C(C)O.CC(=O)C=C(C)O.Cc1cc2ccccc2nc1-c1[c-]cccc1.[Ir].[Ir].[Ir].[Ir].[Ir].[c-]1ccccc1-c1ccc2ccccc2n1.[c-]1ccccc1-c1nccc2ccccc12.[c-]1ccccc1C1[N-]c2ccccc2N1c1ccccc1.[c-]1ccccc1C1[N-]c2ccccc2N1c1ccccc1. The monoisotopic (exact) mass is 2330 g/mol. The molecule has 0 fully saturated rings. The number of hydrogen-bond acceptors (Lipinski definition) is 9. The average Bonchev–Trinajstić information content (AvgIpc) is 1.62. The molecule has 0 saturated carbocycles. The van der Waals surface area contributed by atoms with Crippen molar-refractivity contribution in [2.45, 2.75) is 47.0 Å². The summed E-state index contributed by atoms with van der Waals surface area (Å²) in [4.78, 5) is 38.3. The molecular formula is C94H76Ir5N7O4-7. The first-order valence-corrected chi connectivity index (χ1v) is 34.3. The van der Waals surface area contributed by atoms with E-state index in [-0.39, 0.29) is 136 Å². The average molecular weight is 2330 g/mol. The molecule has 0 aliphatic carbocycles. The van der Waals surface area contributed by atoms with Crippen LogP contribution in [-0.4, -0.2) is 36.7 Å². The predicted octanol–water partition coefficient (Wildman–Crippen LogP) is 24.2. The Kier molecular flexibility index (Phi) is 36.8. The first-order valence-electron chi connectivity index (χ1n) is 34.3. The molecule has 563 valence electrons. The Hall–Kier alpha value is -10.3. The number of nitrogens with zero attached hydrogens (tertiary/aromatic N) is 7. The second-order valence-corrected chi connectivity index (χ2v) is 24.3. The third kappa shape index (κ3) is 24.9. The Labute approximate surface area is 712 Å². The van der Waals surface area contributed by atoms with E-state index in [0.717, 1.165) is 90.1 Å².